The maximum atomic E-state index is 6.39. The van der Waals surface area contributed by atoms with E-state index in [1.807, 2.05) is 12.3 Å². The molecule has 3 aliphatic rings. The first-order chi connectivity index (χ1) is 15.7. The van der Waals surface area contributed by atoms with Gasteiger partial charge in [0.05, 0.1) is 11.7 Å². The molecule has 2 aromatic rings. The molecule has 172 valence electrons. The van der Waals surface area contributed by atoms with Crippen LogP contribution in [0.2, 0.25) is 0 Å². The molecule has 2 aliphatic heterocycles. The Kier molecular flexibility index (Phi) is 6.49. The molecule has 5 nitrogen and oxygen atoms in total. The van der Waals surface area contributed by atoms with Crippen LogP contribution in [-0.2, 0) is 21.4 Å². The van der Waals surface area contributed by atoms with E-state index < -0.39 is 0 Å². The molecule has 3 fully saturated rings. The Bertz CT molecular complexity index is 877. The average molecular weight is 436 g/mol. The minimum atomic E-state index is 0.0811. The number of anilines is 1. The van der Waals surface area contributed by atoms with E-state index in [0.29, 0.717) is 6.10 Å². The topological polar surface area (TPSA) is 46.6 Å². The van der Waals surface area contributed by atoms with E-state index in [9.17, 15) is 0 Å². The second kappa shape index (κ2) is 9.50. The number of methoxy groups -OCH3 is 1. The van der Waals surface area contributed by atoms with E-state index in [0.717, 1.165) is 52.0 Å². The molecule has 0 bridgehead atoms. The van der Waals surface area contributed by atoms with Gasteiger partial charge in [0.15, 0.2) is 0 Å². The van der Waals surface area contributed by atoms with Gasteiger partial charge < -0.3 is 19.7 Å². The summed E-state index contributed by atoms with van der Waals surface area (Å²) < 4.78 is 11.9. The van der Waals surface area contributed by atoms with Crippen LogP contribution in [0.5, 0.6) is 0 Å². The standard InChI is InChI=1S/C27H37N3O2/c1-31-23-19-30(20-23)24-9-3-2-8-22(24)18-28-16-13-26(25-10-4-7-15-29-25)14-17-32-27(21-26)11-5-6-12-27/h2-4,7-10,15,23,28H,5-6,11-14,16-21H2,1H3/t26-/m1/s1. The Morgan fingerprint density at radius 3 is 2.69 bits per heavy atom. The van der Waals surface area contributed by atoms with Gasteiger partial charge >= 0.3 is 0 Å². The lowest BCUT2D eigenvalue weighted by molar-refractivity contribution is -0.104. The molecule has 3 heterocycles. The zero-order valence-corrected chi connectivity index (χ0v) is 19.4. The summed E-state index contributed by atoms with van der Waals surface area (Å²) >= 11 is 0. The molecule has 5 rings (SSSR count). The fourth-order valence-corrected chi connectivity index (χ4v) is 6.10. The largest absolute Gasteiger partial charge is 0.378 e. The van der Waals surface area contributed by atoms with Gasteiger partial charge in [0.25, 0.3) is 0 Å². The molecular formula is C27H37N3O2. The van der Waals surface area contributed by atoms with Crippen molar-refractivity contribution in [2.45, 2.75) is 68.6 Å². The van der Waals surface area contributed by atoms with Gasteiger partial charge in [-0.25, -0.2) is 0 Å². The van der Waals surface area contributed by atoms with Crippen LogP contribution < -0.4 is 10.2 Å². The first-order valence-corrected chi connectivity index (χ1v) is 12.3. The second-order valence-electron chi connectivity index (χ2n) is 9.98. The molecule has 1 aliphatic carbocycles. The number of nitrogens with zero attached hydrogens (tertiary/aromatic N) is 2. The fraction of sp³-hybridized carbons (Fsp3) is 0.593. The molecule has 1 atom stereocenters. The monoisotopic (exact) mass is 435 g/mol. The van der Waals surface area contributed by atoms with Crippen LogP contribution in [0.1, 0.15) is 56.2 Å². The Hall–Kier alpha value is -1.95. The van der Waals surface area contributed by atoms with Gasteiger partial charge in [0.2, 0.25) is 0 Å². The Balaban J connectivity index is 1.25. The number of ether oxygens (including phenoxy) is 2. The first-order valence-electron chi connectivity index (χ1n) is 12.3. The summed E-state index contributed by atoms with van der Waals surface area (Å²) in [5.74, 6) is 0. The second-order valence-corrected chi connectivity index (χ2v) is 9.98. The highest BCUT2D eigenvalue weighted by atomic mass is 16.5. The number of hydrogen-bond acceptors (Lipinski definition) is 5. The van der Waals surface area contributed by atoms with Crippen molar-refractivity contribution >= 4 is 5.69 Å². The van der Waals surface area contributed by atoms with Gasteiger partial charge in [0.1, 0.15) is 0 Å². The lowest BCUT2D eigenvalue weighted by Crippen LogP contribution is -2.52. The molecule has 0 unspecified atom stereocenters. The minimum absolute atomic E-state index is 0.0811. The predicted octanol–water partition coefficient (Wildman–Crippen LogP) is 4.46. The van der Waals surface area contributed by atoms with Crippen LogP contribution in [0, 0.1) is 0 Å². The molecule has 5 heteroatoms. The Morgan fingerprint density at radius 2 is 1.91 bits per heavy atom. The third kappa shape index (κ3) is 4.43. The van der Waals surface area contributed by atoms with Gasteiger partial charge in [-0.1, -0.05) is 37.1 Å². The number of pyridine rings is 1. The SMILES string of the molecule is COC1CN(c2ccccc2CNCC[C@@]2(c3ccccn3)CCOC3(CCCC3)C2)C1. The number of aromatic nitrogens is 1. The zero-order chi connectivity index (χ0) is 21.9. The summed E-state index contributed by atoms with van der Waals surface area (Å²) in [5, 5.41) is 3.76. The third-order valence-corrected chi connectivity index (χ3v) is 7.98. The van der Waals surface area contributed by atoms with Crippen LogP contribution >= 0.6 is 0 Å². The van der Waals surface area contributed by atoms with E-state index in [2.05, 4.69) is 46.6 Å². The molecule has 0 radical (unpaired) electrons. The van der Waals surface area contributed by atoms with Crippen LogP contribution in [0.4, 0.5) is 5.69 Å². The Labute approximate surface area is 192 Å². The van der Waals surface area contributed by atoms with E-state index in [1.165, 1.54) is 42.6 Å². The van der Waals surface area contributed by atoms with Crippen molar-refractivity contribution in [3.63, 3.8) is 0 Å². The lowest BCUT2D eigenvalue weighted by Gasteiger charge is -2.46. The summed E-state index contributed by atoms with van der Waals surface area (Å²) in [6, 6.07) is 15.2. The maximum Gasteiger partial charge on any atom is 0.0920 e. The van der Waals surface area contributed by atoms with Crippen molar-refractivity contribution < 1.29 is 9.47 Å². The smallest absolute Gasteiger partial charge is 0.0920 e. The summed E-state index contributed by atoms with van der Waals surface area (Å²) in [4.78, 5) is 7.25. The maximum absolute atomic E-state index is 6.39. The van der Waals surface area contributed by atoms with Crippen molar-refractivity contribution in [2.75, 3.05) is 38.3 Å². The van der Waals surface area contributed by atoms with Crippen molar-refractivity contribution in [1.29, 1.82) is 0 Å². The normalized spacial score (nSPS) is 25.2. The van der Waals surface area contributed by atoms with Crippen molar-refractivity contribution in [1.82, 2.24) is 10.3 Å². The number of nitrogens with one attached hydrogen (secondary N) is 1. The highest BCUT2D eigenvalue weighted by Crippen LogP contribution is 2.49. The summed E-state index contributed by atoms with van der Waals surface area (Å²) in [6.07, 6.45) is 10.6. The molecule has 1 saturated carbocycles. The van der Waals surface area contributed by atoms with Crippen LogP contribution in [-0.4, -0.2) is 50.0 Å². The molecular weight excluding hydrogens is 398 g/mol. The molecule has 1 spiro atoms. The summed E-state index contributed by atoms with van der Waals surface area (Å²) in [5.41, 5.74) is 4.15. The Morgan fingerprint density at radius 1 is 1.09 bits per heavy atom. The predicted molar refractivity (Wildman–Crippen MR) is 128 cm³/mol. The number of hydrogen-bond donors (Lipinski definition) is 1. The van der Waals surface area contributed by atoms with Gasteiger partial charge in [-0.3, -0.25) is 4.98 Å². The van der Waals surface area contributed by atoms with Gasteiger partial charge in [-0.05, 0) is 62.4 Å². The van der Waals surface area contributed by atoms with Crippen LogP contribution in [0.15, 0.2) is 48.7 Å². The minimum Gasteiger partial charge on any atom is -0.378 e. The summed E-state index contributed by atoms with van der Waals surface area (Å²) in [7, 11) is 1.80. The lowest BCUT2D eigenvalue weighted by atomic mass is 9.68. The molecule has 1 aromatic heterocycles. The zero-order valence-electron chi connectivity index (χ0n) is 19.4. The summed E-state index contributed by atoms with van der Waals surface area (Å²) in [6.45, 7) is 4.71. The molecule has 0 amide bonds. The van der Waals surface area contributed by atoms with Gasteiger partial charge in [-0.2, -0.15) is 0 Å². The number of rotatable bonds is 8. The quantitative estimate of drug-likeness (QED) is 0.621. The first kappa shape index (κ1) is 21.9. The fourth-order valence-electron chi connectivity index (χ4n) is 6.10. The van der Waals surface area contributed by atoms with E-state index >= 15 is 0 Å². The van der Waals surface area contributed by atoms with E-state index in [4.69, 9.17) is 14.5 Å². The van der Waals surface area contributed by atoms with Crippen molar-refractivity contribution in [3.8, 4) is 0 Å². The average Bonchev–Trinajstić information content (AvgIpc) is 3.25. The highest BCUT2D eigenvalue weighted by Gasteiger charge is 2.48. The molecule has 1 aromatic carbocycles. The molecule has 32 heavy (non-hydrogen) atoms. The number of benzene rings is 1. The molecule has 1 N–H and O–H groups in total. The number of para-hydroxylation sites is 1. The van der Waals surface area contributed by atoms with Crippen LogP contribution in [0.25, 0.3) is 0 Å². The van der Waals surface area contributed by atoms with Crippen molar-refractivity contribution in [3.05, 3.63) is 59.9 Å². The molecule has 2 saturated heterocycles. The van der Waals surface area contributed by atoms with Crippen LogP contribution in [0.3, 0.4) is 0 Å². The van der Waals surface area contributed by atoms with E-state index in [-0.39, 0.29) is 11.0 Å². The third-order valence-electron chi connectivity index (χ3n) is 7.98. The van der Waals surface area contributed by atoms with Crippen molar-refractivity contribution in [2.24, 2.45) is 0 Å². The highest BCUT2D eigenvalue weighted by molar-refractivity contribution is 5.55. The van der Waals surface area contributed by atoms with Gasteiger partial charge in [0, 0.05) is 56.3 Å². The van der Waals surface area contributed by atoms with E-state index in [1.54, 1.807) is 7.11 Å². The van der Waals surface area contributed by atoms with Gasteiger partial charge in [-0.15, -0.1) is 0 Å².